The third-order valence-corrected chi connectivity index (χ3v) is 1.96. The van der Waals surface area contributed by atoms with E-state index in [0.717, 1.165) is 11.3 Å². The molecule has 0 aliphatic heterocycles. The molecule has 1 amide bonds. The Labute approximate surface area is 83.5 Å². The van der Waals surface area contributed by atoms with E-state index in [1.54, 1.807) is 6.20 Å². The number of hydrazine groups is 1. The molecule has 1 aromatic rings. The normalized spacial score (nSPS) is 10.3. The number of carbonyl (C=O) groups is 1. The van der Waals surface area contributed by atoms with Crippen molar-refractivity contribution in [2.24, 2.45) is 5.84 Å². The van der Waals surface area contributed by atoms with Crippen LogP contribution in [-0.4, -0.2) is 10.9 Å². The van der Waals surface area contributed by atoms with Gasteiger partial charge in [-0.1, -0.05) is 13.8 Å². The van der Waals surface area contributed by atoms with Crippen molar-refractivity contribution >= 4 is 5.91 Å². The average Bonchev–Trinajstić information content (AvgIpc) is 2.18. The highest BCUT2D eigenvalue weighted by atomic mass is 16.2. The number of aromatic nitrogens is 1. The van der Waals surface area contributed by atoms with E-state index in [-0.39, 0.29) is 5.91 Å². The van der Waals surface area contributed by atoms with Crippen LogP contribution in [0.2, 0.25) is 0 Å². The molecule has 0 saturated carbocycles. The molecule has 76 valence electrons. The van der Waals surface area contributed by atoms with Crippen LogP contribution < -0.4 is 11.3 Å². The molecule has 14 heavy (non-hydrogen) atoms. The van der Waals surface area contributed by atoms with Crippen molar-refractivity contribution in [3.63, 3.8) is 0 Å². The van der Waals surface area contributed by atoms with Crippen LogP contribution in [0.25, 0.3) is 0 Å². The van der Waals surface area contributed by atoms with Gasteiger partial charge in [0.2, 0.25) is 5.91 Å². The number of carbonyl (C=O) groups excluding carboxylic acids is 1. The fraction of sp³-hybridized carbons (Fsp3) is 0.400. The standard InChI is InChI=1S/C10H15N3O/c1-7(2)9-5-8(3-4-12-9)6-10(14)13-11/h3-5,7H,6,11H2,1-2H3,(H,13,14). The third kappa shape index (κ3) is 2.81. The zero-order valence-corrected chi connectivity index (χ0v) is 8.45. The number of hydrogen-bond acceptors (Lipinski definition) is 3. The second-order valence-corrected chi connectivity index (χ2v) is 3.49. The molecule has 0 aromatic carbocycles. The first-order valence-electron chi connectivity index (χ1n) is 4.57. The Hall–Kier alpha value is -1.42. The number of nitrogens with one attached hydrogen (secondary N) is 1. The maximum atomic E-state index is 11.0. The summed E-state index contributed by atoms with van der Waals surface area (Å²) in [6.07, 6.45) is 2.02. The van der Waals surface area contributed by atoms with E-state index in [4.69, 9.17) is 5.84 Å². The minimum absolute atomic E-state index is 0.189. The average molecular weight is 193 g/mol. The van der Waals surface area contributed by atoms with Gasteiger partial charge in [-0.15, -0.1) is 0 Å². The Kier molecular flexibility index (Phi) is 3.59. The van der Waals surface area contributed by atoms with Gasteiger partial charge in [0, 0.05) is 11.9 Å². The number of nitrogens with zero attached hydrogens (tertiary/aromatic N) is 1. The first-order valence-corrected chi connectivity index (χ1v) is 4.57. The van der Waals surface area contributed by atoms with E-state index in [1.165, 1.54) is 0 Å². The minimum Gasteiger partial charge on any atom is -0.294 e. The highest BCUT2D eigenvalue weighted by molar-refractivity contribution is 5.77. The molecule has 0 atom stereocenters. The van der Waals surface area contributed by atoms with Crippen molar-refractivity contribution in [3.05, 3.63) is 29.6 Å². The minimum atomic E-state index is -0.189. The number of amides is 1. The van der Waals surface area contributed by atoms with Gasteiger partial charge < -0.3 is 0 Å². The van der Waals surface area contributed by atoms with Crippen LogP contribution in [0.5, 0.6) is 0 Å². The van der Waals surface area contributed by atoms with Crippen LogP contribution in [0.15, 0.2) is 18.3 Å². The molecule has 4 nitrogen and oxygen atoms in total. The molecule has 0 unspecified atom stereocenters. The lowest BCUT2D eigenvalue weighted by Crippen LogP contribution is -2.31. The van der Waals surface area contributed by atoms with E-state index < -0.39 is 0 Å². The zero-order chi connectivity index (χ0) is 10.6. The van der Waals surface area contributed by atoms with Crippen LogP contribution >= 0.6 is 0 Å². The molecule has 0 aliphatic carbocycles. The van der Waals surface area contributed by atoms with Crippen molar-refractivity contribution in [2.45, 2.75) is 26.2 Å². The highest BCUT2D eigenvalue weighted by Crippen LogP contribution is 2.12. The second kappa shape index (κ2) is 4.72. The molecule has 1 rings (SSSR count). The first kappa shape index (κ1) is 10.7. The number of hydrogen-bond donors (Lipinski definition) is 2. The molecule has 0 aliphatic rings. The van der Waals surface area contributed by atoms with Gasteiger partial charge >= 0.3 is 0 Å². The van der Waals surface area contributed by atoms with Gasteiger partial charge in [0.15, 0.2) is 0 Å². The zero-order valence-electron chi connectivity index (χ0n) is 8.45. The van der Waals surface area contributed by atoms with E-state index >= 15 is 0 Å². The van der Waals surface area contributed by atoms with Crippen LogP contribution in [0.3, 0.4) is 0 Å². The van der Waals surface area contributed by atoms with Crippen molar-refractivity contribution in [1.29, 1.82) is 0 Å². The first-order chi connectivity index (χ1) is 6.63. The van der Waals surface area contributed by atoms with E-state index in [2.05, 4.69) is 24.3 Å². The Morgan fingerprint density at radius 1 is 1.64 bits per heavy atom. The fourth-order valence-corrected chi connectivity index (χ4v) is 1.16. The molecule has 0 bridgehead atoms. The summed E-state index contributed by atoms with van der Waals surface area (Å²) in [6.45, 7) is 4.13. The van der Waals surface area contributed by atoms with Gasteiger partial charge in [0.1, 0.15) is 0 Å². The number of pyridine rings is 1. The van der Waals surface area contributed by atoms with Crippen molar-refractivity contribution in [3.8, 4) is 0 Å². The van der Waals surface area contributed by atoms with Gasteiger partial charge in [-0.25, -0.2) is 5.84 Å². The number of rotatable bonds is 3. The SMILES string of the molecule is CC(C)c1cc(CC(=O)NN)ccn1. The maximum Gasteiger partial charge on any atom is 0.238 e. The molecule has 3 N–H and O–H groups in total. The summed E-state index contributed by atoms with van der Waals surface area (Å²) in [6, 6.07) is 3.75. The largest absolute Gasteiger partial charge is 0.294 e. The Morgan fingerprint density at radius 3 is 2.93 bits per heavy atom. The third-order valence-electron chi connectivity index (χ3n) is 1.96. The summed E-state index contributed by atoms with van der Waals surface area (Å²) in [4.78, 5) is 15.2. The van der Waals surface area contributed by atoms with E-state index in [9.17, 15) is 4.79 Å². The molecular formula is C10H15N3O. The van der Waals surface area contributed by atoms with Gasteiger partial charge in [0.25, 0.3) is 0 Å². The van der Waals surface area contributed by atoms with Crippen molar-refractivity contribution < 1.29 is 4.79 Å². The molecule has 4 heteroatoms. The van der Waals surface area contributed by atoms with Gasteiger partial charge in [-0.05, 0) is 23.6 Å². The topological polar surface area (TPSA) is 68.0 Å². The summed E-state index contributed by atoms with van der Waals surface area (Å²) < 4.78 is 0. The maximum absolute atomic E-state index is 11.0. The quantitative estimate of drug-likeness (QED) is 0.422. The molecule has 1 aromatic heterocycles. The lowest BCUT2D eigenvalue weighted by Gasteiger charge is -2.06. The van der Waals surface area contributed by atoms with E-state index in [0.29, 0.717) is 12.3 Å². The van der Waals surface area contributed by atoms with Crippen molar-refractivity contribution in [2.75, 3.05) is 0 Å². The van der Waals surface area contributed by atoms with E-state index in [1.807, 2.05) is 12.1 Å². The second-order valence-electron chi connectivity index (χ2n) is 3.49. The van der Waals surface area contributed by atoms with Crippen LogP contribution in [0.1, 0.15) is 31.0 Å². The van der Waals surface area contributed by atoms with Crippen LogP contribution in [-0.2, 0) is 11.2 Å². The summed E-state index contributed by atoms with van der Waals surface area (Å²) >= 11 is 0. The fourth-order valence-electron chi connectivity index (χ4n) is 1.16. The monoisotopic (exact) mass is 193 g/mol. The van der Waals surface area contributed by atoms with Crippen molar-refractivity contribution in [1.82, 2.24) is 10.4 Å². The number of nitrogens with two attached hydrogens (primary N) is 1. The summed E-state index contributed by atoms with van der Waals surface area (Å²) in [7, 11) is 0. The molecule has 1 heterocycles. The lowest BCUT2D eigenvalue weighted by atomic mass is 10.1. The van der Waals surface area contributed by atoms with Gasteiger partial charge in [-0.3, -0.25) is 15.2 Å². The molecule has 0 radical (unpaired) electrons. The summed E-state index contributed by atoms with van der Waals surface area (Å²) in [5.74, 6) is 5.18. The summed E-state index contributed by atoms with van der Waals surface area (Å²) in [5, 5.41) is 0. The molecule has 0 fully saturated rings. The highest BCUT2D eigenvalue weighted by Gasteiger charge is 2.04. The summed E-state index contributed by atoms with van der Waals surface area (Å²) in [5.41, 5.74) is 4.03. The predicted octanol–water partition coefficient (Wildman–Crippen LogP) is 0.737. The Balaban J connectivity index is 2.78. The predicted molar refractivity (Wildman–Crippen MR) is 54.4 cm³/mol. The smallest absolute Gasteiger partial charge is 0.238 e. The van der Waals surface area contributed by atoms with Crippen LogP contribution in [0, 0.1) is 0 Å². The lowest BCUT2D eigenvalue weighted by molar-refractivity contribution is -0.120. The van der Waals surface area contributed by atoms with Crippen LogP contribution in [0.4, 0.5) is 0 Å². The van der Waals surface area contributed by atoms with Gasteiger partial charge in [0.05, 0.1) is 6.42 Å². The Bertz CT molecular complexity index is 323. The molecule has 0 spiro atoms. The molecular weight excluding hydrogens is 178 g/mol. The Morgan fingerprint density at radius 2 is 2.36 bits per heavy atom. The van der Waals surface area contributed by atoms with Gasteiger partial charge in [-0.2, -0.15) is 0 Å². The molecule has 0 saturated heterocycles.